The van der Waals surface area contributed by atoms with Gasteiger partial charge in [0.2, 0.25) is 5.91 Å². The maximum absolute atomic E-state index is 12.2. The summed E-state index contributed by atoms with van der Waals surface area (Å²) < 4.78 is 5.12. The number of nitro groups is 1. The van der Waals surface area contributed by atoms with Crippen LogP contribution in [0.25, 0.3) is 0 Å². The minimum atomic E-state index is -0.556. The minimum Gasteiger partial charge on any atom is -0.495 e. The molecular formula is C17H20N4O5S2. The molecule has 9 nitrogen and oxygen atoms in total. The first-order chi connectivity index (χ1) is 13.3. The van der Waals surface area contributed by atoms with Crippen molar-refractivity contribution in [1.82, 2.24) is 9.97 Å². The topological polar surface area (TPSA) is 127 Å². The van der Waals surface area contributed by atoms with E-state index in [1.54, 1.807) is 11.8 Å². The lowest BCUT2D eigenvalue weighted by Gasteiger charge is -2.10. The summed E-state index contributed by atoms with van der Waals surface area (Å²) in [5.41, 5.74) is 0.402. The minimum absolute atomic E-state index is 0.0322. The fourth-order valence-corrected chi connectivity index (χ4v) is 3.45. The van der Waals surface area contributed by atoms with Crippen LogP contribution < -0.4 is 15.6 Å². The predicted octanol–water partition coefficient (Wildman–Crippen LogP) is 3.06. The van der Waals surface area contributed by atoms with Crippen molar-refractivity contribution in [3.8, 4) is 5.75 Å². The molecule has 1 amide bonds. The van der Waals surface area contributed by atoms with E-state index in [0.717, 1.165) is 11.8 Å². The van der Waals surface area contributed by atoms with Crippen LogP contribution in [0.1, 0.15) is 19.5 Å². The first kappa shape index (κ1) is 21.8. The number of amides is 1. The van der Waals surface area contributed by atoms with Crippen LogP contribution in [0.5, 0.6) is 5.75 Å². The molecule has 0 saturated carbocycles. The van der Waals surface area contributed by atoms with Crippen LogP contribution in [-0.4, -0.2) is 38.9 Å². The number of non-ortho nitro benzene ring substituents is 1. The summed E-state index contributed by atoms with van der Waals surface area (Å²) in [5.74, 6) is 0.471. The van der Waals surface area contributed by atoms with Crippen molar-refractivity contribution in [2.24, 2.45) is 0 Å². The molecule has 1 aromatic carbocycles. The zero-order valence-corrected chi connectivity index (χ0v) is 17.2. The molecule has 2 rings (SSSR count). The summed E-state index contributed by atoms with van der Waals surface area (Å²) in [6.45, 7) is 4.11. The highest BCUT2D eigenvalue weighted by Crippen LogP contribution is 2.29. The van der Waals surface area contributed by atoms with Gasteiger partial charge in [0.1, 0.15) is 5.75 Å². The summed E-state index contributed by atoms with van der Waals surface area (Å²) in [6, 6.07) is 5.37. The van der Waals surface area contributed by atoms with Crippen molar-refractivity contribution in [3.63, 3.8) is 0 Å². The van der Waals surface area contributed by atoms with Crippen LogP contribution in [0.15, 0.2) is 34.2 Å². The predicted molar refractivity (Wildman–Crippen MR) is 110 cm³/mol. The highest BCUT2D eigenvalue weighted by molar-refractivity contribution is 7.99. The number of nitrogens with zero attached hydrogens (tertiary/aromatic N) is 2. The first-order valence-electron chi connectivity index (χ1n) is 8.25. The SMILES string of the molecule is COc1ccc([N+](=O)[O-])cc1NC(=O)CSc1nc(CSC(C)C)cc(=O)[nH]1. The van der Waals surface area contributed by atoms with Gasteiger partial charge in [-0.2, -0.15) is 11.8 Å². The van der Waals surface area contributed by atoms with Crippen molar-refractivity contribution >= 4 is 40.8 Å². The van der Waals surface area contributed by atoms with Crippen LogP contribution in [0, 0.1) is 10.1 Å². The molecule has 0 unspecified atom stereocenters. The fraction of sp³-hybridized carbons (Fsp3) is 0.353. The maximum Gasteiger partial charge on any atom is 0.271 e. The average Bonchev–Trinajstić information content (AvgIpc) is 2.64. The van der Waals surface area contributed by atoms with E-state index in [1.165, 1.54) is 31.4 Å². The Bertz CT molecular complexity index is 917. The number of aromatic amines is 1. The smallest absolute Gasteiger partial charge is 0.271 e. The number of carbonyl (C=O) groups excluding carboxylic acids is 1. The Morgan fingerprint density at radius 3 is 2.79 bits per heavy atom. The van der Waals surface area contributed by atoms with Crippen molar-refractivity contribution in [1.29, 1.82) is 0 Å². The number of ether oxygens (including phenoxy) is 1. The first-order valence-corrected chi connectivity index (χ1v) is 10.3. The van der Waals surface area contributed by atoms with Crippen LogP contribution in [0.2, 0.25) is 0 Å². The third kappa shape index (κ3) is 6.57. The highest BCUT2D eigenvalue weighted by atomic mass is 32.2. The number of thioether (sulfide) groups is 2. The van der Waals surface area contributed by atoms with Gasteiger partial charge in [-0.25, -0.2) is 4.98 Å². The van der Waals surface area contributed by atoms with Gasteiger partial charge in [0.15, 0.2) is 5.16 Å². The molecule has 150 valence electrons. The molecule has 0 spiro atoms. The Morgan fingerprint density at radius 1 is 1.39 bits per heavy atom. The van der Waals surface area contributed by atoms with Crippen LogP contribution in [-0.2, 0) is 10.5 Å². The zero-order valence-electron chi connectivity index (χ0n) is 15.6. The van der Waals surface area contributed by atoms with Gasteiger partial charge in [0.05, 0.1) is 29.2 Å². The molecule has 0 aliphatic carbocycles. The normalized spacial score (nSPS) is 10.7. The van der Waals surface area contributed by atoms with E-state index in [-0.39, 0.29) is 22.7 Å². The second kappa shape index (κ2) is 10.1. The van der Waals surface area contributed by atoms with E-state index in [4.69, 9.17) is 4.74 Å². The van der Waals surface area contributed by atoms with Gasteiger partial charge in [-0.15, -0.1) is 0 Å². The quantitative estimate of drug-likeness (QED) is 0.272. The van der Waals surface area contributed by atoms with Gasteiger partial charge in [0.25, 0.3) is 11.2 Å². The third-order valence-corrected chi connectivity index (χ3v) is 5.35. The van der Waals surface area contributed by atoms with Crippen molar-refractivity contribution in [3.05, 3.63) is 50.4 Å². The molecule has 2 aromatic rings. The number of hydrogen-bond donors (Lipinski definition) is 2. The number of hydrogen-bond acceptors (Lipinski definition) is 8. The Labute approximate surface area is 169 Å². The molecule has 11 heteroatoms. The Morgan fingerprint density at radius 2 is 2.14 bits per heavy atom. The molecule has 0 saturated heterocycles. The van der Waals surface area contributed by atoms with E-state index >= 15 is 0 Å². The molecule has 0 atom stereocenters. The van der Waals surface area contributed by atoms with E-state index in [9.17, 15) is 19.7 Å². The summed E-state index contributed by atoms with van der Waals surface area (Å²) in [7, 11) is 1.40. The largest absolute Gasteiger partial charge is 0.495 e. The van der Waals surface area contributed by atoms with Crippen LogP contribution in [0.3, 0.4) is 0 Å². The Hall–Kier alpha value is -2.53. The average molecular weight is 425 g/mol. The lowest BCUT2D eigenvalue weighted by molar-refractivity contribution is -0.384. The van der Waals surface area contributed by atoms with Gasteiger partial charge in [-0.05, 0) is 11.3 Å². The standard InChI is InChI=1S/C17H20N4O5S2/c1-10(2)27-8-11-6-15(22)20-17(18-11)28-9-16(23)19-13-7-12(21(24)25)4-5-14(13)26-3/h4-7,10H,8-9H2,1-3H3,(H,19,23)(H,18,20,22). The molecule has 0 bridgehead atoms. The van der Waals surface area contributed by atoms with Crippen molar-refractivity contribution < 1.29 is 14.5 Å². The monoisotopic (exact) mass is 424 g/mol. The van der Waals surface area contributed by atoms with E-state index in [2.05, 4.69) is 29.1 Å². The van der Waals surface area contributed by atoms with Crippen LogP contribution >= 0.6 is 23.5 Å². The lowest BCUT2D eigenvalue weighted by atomic mass is 10.2. The summed E-state index contributed by atoms with van der Waals surface area (Å²) >= 11 is 2.73. The summed E-state index contributed by atoms with van der Waals surface area (Å²) in [4.78, 5) is 41.3. The van der Waals surface area contributed by atoms with E-state index in [1.807, 2.05) is 0 Å². The number of H-pyrrole nitrogens is 1. The number of aromatic nitrogens is 2. The van der Waals surface area contributed by atoms with Crippen molar-refractivity contribution in [2.45, 2.75) is 30.0 Å². The number of benzene rings is 1. The van der Waals surface area contributed by atoms with Gasteiger partial charge in [0, 0.05) is 24.0 Å². The van der Waals surface area contributed by atoms with Gasteiger partial charge >= 0.3 is 0 Å². The molecule has 28 heavy (non-hydrogen) atoms. The third-order valence-electron chi connectivity index (χ3n) is 3.35. The second-order valence-corrected chi connectivity index (χ2v) is 8.41. The molecular weight excluding hydrogens is 404 g/mol. The van der Waals surface area contributed by atoms with E-state index < -0.39 is 10.8 Å². The fourth-order valence-electron chi connectivity index (χ4n) is 2.11. The van der Waals surface area contributed by atoms with Crippen molar-refractivity contribution in [2.75, 3.05) is 18.2 Å². The number of nitrogens with one attached hydrogen (secondary N) is 2. The van der Waals surface area contributed by atoms with Crippen LogP contribution in [0.4, 0.5) is 11.4 Å². The number of carbonyl (C=O) groups is 1. The molecule has 2 N–H and O–H groups in total. The Kier molecular flexibility index (Phi) is 7.88. The Balaban J connectivity index is 2.04. The number of rotatable bonds is 9. The van der Waals surface area contributed by atoms with E-state index in [0.29, 0.717) is 27.6 Å². The maximum atomic E-state index is 12.2. The highest BCUT2D eigenvalue weighted by Gasteiger charge is 2.14. The summed E-state index contributed by atoms with van der Waals surface area (Å²) in [6.07, 6.45) is 0. The number of methoxy groups -OCH3 is 1. The number of nitro benzene ring substituents is 1. The van der Waals surface area contributed by atoms with Gasteiger partial charge in [-0.1, -0.05) is 25.6 Å². The zero-order chi connectivity index (χ0) is 20.7. The molecule has 1 aromatic heterocycles. The molecule has 0 fully saturated rings. The second-order valence-electron chi connectivity index (χ2n) is 5.88. The molecule has 0 aliphatic heterocycles. The van der Waals surface area contributed by atoms with Gasteiger partial charge < -0.3 is 15.0 Å². The molecule has 1 heterocycles. The summed E-state index contributed by atoms with van der Waals surface area (Å²) in [5, 5.41) is 14.2. The van der Waals surface area contributed by atoms with Gasteiger partial charge in [-0.3, -0.25) is 19.7 Å². The number of anilines is 1. The molecule has 0 aliphatic rings. The molecule has 0 radical (unpaired) electrons. The lowest BCUT2D eigenvalue weighted by Crippen LogP contribution is -2.16.